The molecular weight excluding hydrogens is 270 g/mol. The molecule has 2 N–H and O–H groups in total. The van der Waals surface area contributed by atoms with Crippen LogP contribution in [0, 0.1) is 5.92 Å². The maximum Gasteiger partial charge on any atom is 0.261 e. The fourth-order valence-corrected chi connectivity index (χ4v) is 2.77. The molecular formula is C16H27NO4. The predicted molar refractivity (Wildman–Crippen MR) is 80.8 cm³/mol. The van der Waals surface area contributed by atoms with Gasteiger partial charge >= 0.3 is 0 Å². The van der Waals surface area contributed by atoms with E-state index in [4.69, 9.17) is 0 Å². The molecule has 0 aromatic rings. The molecule has 0 aliphatic carbocycles. The molecule has 1 heterocycles. The number of likely N-dealkylation sites (tertiary alicyclic amines) is 1. The molecule has 3 atom stereocenters. The molecule has 120 valence electrons. The summed E-state index contributed by atoms with van der Waals surface area (Å²) in [5.74, 6) is -1.32. The van der Waals surface area contributed by atoms with Crippen LogP contribution in [-0.4, -0.2) is 46.0 Å². The van der Waals surface area contributed by atoms with Gasteiger partial charge in [-0.3, -0.25) is 9.59 Å². The molecule has 5 heteroatoms. The fourth-order valence-electron chi connectivity index (χ4n) is 2.77. The molecule has 1 fully saturated rings. The minimum Gasteiger partial charge on any atom is -0.511 e. The number of hydrogen-bond donors (Lipinski definition) is 2. The van der Waals surface area contributed by atoms with E-state index in [9.17, 15) is 19.8 Å². The average Bonchev–Trinajstić information content (AvgIpc) is 2.64. The number of carbonyl (C=O) groups is 2. The van der Waals surface area contributed by atoms with Gasteiger partial charge in [-0.25, -0.2) is 0 Å². The van der Waals surface area contributed by atoms with Crippen molar-refractivity contribution in [2.75, 3.05) is 7.05 Å². The van der Waals surface area contributed by atoms with Crippen molar-refractivity contribution in [1.29, 1.82) is 0 Å². The van der Waals surface area contributed by atoms with Gasteiger partial charge in [0.1, 0.15) is 17.4 Å². The van der Waals surface area contributed by atoms with Crippen LogP contribution in [0.5, 0.6) is 0 Å². The monoisotopic (exact) mass is 297 g/mol. The van der Waals surface area contributed by atoms with Gasteiger partial charge < -0.3 is 15.1 Å². The fraction of sp³-hybridized carbons (Fsp3) is 0.750. The molecule has 0 saturated carbocycles. The number of hydrogen-bond acceptors (Lipinski definition) is 4. The number of likely N-dealkylation sites (N-methyl/N-ethyl adjacent to an activating group) is 1. The molecule has 1 aliphatic heterocycles. The third-order valence-corrected chi connectivity index (χ3v) is 4.14. The normalized spacial score (nSPS) is 24.4. The Labute approximate surface area is 126 Å². The molecule has 0 aromatic carbocycles. The van der Waals surface area contributed by atoms with Crippen LogP contribution in [0.15, 0.2) is 11.3 Å². The third kappa shape index (κ3) is 3.84. The number of aliphatic hydroxyl groups is 2. The topological polar surface area (TPSA) is 77.8 Å². The van der Waals surface area contributed by atoms with Crippen molar-refractivity contribution in [3.63, 3.8) is 0 Å². The van der Waals surface area contributed by atoms with Crippen molar-refractivity contribution >= 4 is 11.7 Å². The zero-order valence-corrected chi connectivity index (χ0v) is 13.4. The van der Waals surface area contributed by atoms with E-state index in [-0.39, 0.29) is 17.3 Å². The Balaban J connectivity index is 2.85. The second kappa shape index (κ2) is 7.59. The molecule has 1 saturated heterocycles. The van der Waals surface area contributed by atoms with Gasteiger partial charge in [0.05, 0.1) is 6.10 Å². The van der Waals surface area contributed by atoms with E-state index in [0.29, 0.717) is 0 Å². The Hall–Kier alpha value is -1.36. The summed E-state index contributed by atoms with van der Waals surface area (Å²) in [7, 11) is 1.48. The molecule has 0 radical (unpaired) electrons. The highest BCUT2D eigenvalue weighted by Gasteiger charge is 2.45. The maximum absolute atomic E-state index is 12.2. The summed E-state index contributed by atoms with van der Waals surface area (Å²) in [5.41, 5.74) is -0.147. The Morgan fingerprint density at radius 3 is 2.33 bits per heavy atom. The first kappa shape index (κ1) is 17.7. The van der Waals surface area contributed by atoms with E-state index in [1.807, 2.05) is 6.92 Å². The highest BCUT2D eigenvalue weighted by Crippen LogP contribution is 2.28. The summed E-state index contributed by atoms with van der Waals surface area (Å²) in [6, 6.07) is -0.887. The van der Waals surface area contributed by atoms with E-state index < -0.39 is 23.8 Å². The Morgan fingerprint density at radius 1 is 1.24 bits per heavy atom. The summed E-state index contributed by atoms with van der Waals surface area (Å²) in [5, 5.41) is 19.9. The van der Waals surface area contributed by atoms with E-state index >= 15 is 0 Å². The Bertz CT molecular complexity index is 428. The van der Waals surface area contributed by atoms with Crippen molar-refractivity contribution < 1.29 is 19.8 Å². The number of Topliss-reactive ketones (excluding diaryl/α,β-unsaturated/α-hetero) is 1. The van der Waals surface area contributed by atoms with Gasteiger partial charge in [0, 0.05) is 13.0 Å². The lowest BCUT2D eigenvalue weighted by Crippen LogP contribution is -2.40. The van der Waals surface area contributed by atoms with Gasteiger partial charge in [0.2, 0.25) is 0 Å². The molecule has 21 heavy (non-hydrogen) atoms. The smallest absolute Gasteiger partial charge is 0.261 e. The molecule has 0 aromatic heterocycles. The lowest BCUT2D eigenvalue weighted by molar-refractivity contribution is -0.128. The van der Waals surface area contributed by atoms with E-state index in [2.05, 4.69) is 6.92 Å². The van der Waals surface area contributed by atoms with E-state index in [1.165, 1.54) is 18.9 Å². The molecule has 0 unspecified atom stereocenters. The highest BCUT2D eigenvalue weighted by molar-refractivity contribution is 6.26. The second-order valence-electron chi connectivity index (χ2n) is 5.98. The van der Waals surface area contributed by atoms with Gasteiger partial charge in [0.15, 0.2) is 5.78 Å². The number of amides is 1. The minimum absolute atomic E-state index is 0.128. The highest BCUT2D eigenvalue weighted by atomic mass is 16.3. The number of ketones is 1. The van der Waals surface area contributed by atoms with Crippen molar-refractivity contribution in [2.24, 2.45) is 5.92 Å². The lowest BCUT2D eigenvalue weighted by atomic mass is 9.95. The summed E-state index contributed by atoms with van der Waals surface area (Å²) in [6.07, 6.45) is 4.13. The number of rotatable bonds is 7. The van der Waals surface area contributed by atoms with Crippen LogP contribution in [0.1, 0.15) is 52.9 Å². The van der Waals surface area contributed by atoms with Gasteiger partial charge in [-0.05, 0) is 13.3 Å². The summed E-state index contributed by atoms with van der Waals surface area (Å²) in [6.45, 7) is 5.43. The van der Waals surface area contributed by atoms with Crippen LogP contribution >= 0.6 is 0 Å². The van der Waals surface area contributed by atoms with Gasteiger partial charge in [-0.15, -0.1) is 0 Å². The van der Waals surface area contributed by atoms with Gasteiger partial charge in [-0.2, -0.15) is 0 Å². The zero-order chi connectivity index (χ0) is 16.2. The van der Waals surface area contributed by atoms with Crippen LogP contribution in [0.25, 0.3) is 0 Å². The average molecular weight is 297 g/mol. The molecule has 1 rings (SSSR count). The largest absolute Gasteiger partial charge is 0.511 e. The quantitative estimate of drug-likeness (QED) is 0.327. The van der Waals surface area contributed by atoms with Crippen molar-refractivity contribution in [2.45, 2.75) is 65.0 Å². The predicted octanol–water partition coefficient (Wildman–Crippen LogP) is 2.20. The van der Waals surface area contributed by atoms with Crippen LogP contribution < -0.4 is 0 Å². The molecule has 0 bridgehead atoms. The number of allylic oxidation sites excluding steroid dienone is 1. The molecule has 0 spiro atoms. The lowest BCUT2D eigenvalue weighted by Gasteiger charge is -2.19. The Morgan fingerprint density at radius 2 is 1.86 bits per heavy atom. The third-order valence-electron chi connectivity index (χ3n) is 4.14. The van der Waals surface area contributed by atoms with E-state index in [1.54, 1.807) is 0 Å². The van der Waals surface area contributed by atoms with Crippen LogP contribution in [0.4, 0.5) is 0 Å². The van der Waals surface area contributed by atoms with Crippen molar-refractivity contribution in [3.05, 3.63) is 11.3 Å². The first-order valence-electron chi connectivity index (χ1n) is 7.75. The SMILES string of the molecule is CCCCCC[C@@H](C)C(O)=C1C(=O)[C@H]([C@H](C)O)N(C)C1=O. The standard InChI is InChI=1S/C16H27NO4/c1-5-6-7-8-9-10(2)14(19)12-15(20)13(11(3)18)17(4)16(12)21/h10-11,13,18-19H,5-9H2,1-4H3/t10-,11+,13+/m1/s1. The summed E-state index contributed by atoms with van der Waals surface area (Å²) < 4.78 is 0. The second-order valence-corrected chi connectivity index (χ2v) is 5.98. The van der Waals surface area contributed by atoms with Crippen LogP contribution in [0.2, 0.25) is 0 Å². The number of nitrogens with zero attached hydrogens (tertiary/aromatic N) is 1. The number of carbonyl (C=O) groups excluding carboxylic acids is 2. The van der Waals surface area contributed by atoms with Gasteiger partial charge in [0.25, 0.3) is 5.91 Å². The summed E-state index contributed by atoms with van der Waals surface area (Å²) >= 11 is 0. The number of unbranched alkanes of at least 4 members (excludes halogenated alkanes) is 3. The van der Waals surface area contributed by atoms with Crippen LogP contribution in [0.3, 0.4) is 0 Å². The van der Waals surface area contributed by atoms with E-state index in [0.717, 1.165) is 32.1 Å². The molecule has 5 nitrogen and oxygen atoms in total. The van der Waals surface area contributed by atoms with Gasteiger partial charge in [-0.1, -0.05) is 39.5 Å². The maximum atomic E-state index is 12.2. The van der Waals surface area contributed by atoms with Crippen molar-refractivity contribution in [1.82, 2.24) is 4.90 Å². The minimum atomic E-state index is -0.948. The first-order chi connectivity index (χ1) is 9.82. The molecule has 1 amide bonds. The van der Waals surface area contributed by atoms with Crippen molar-refractivity contribution in [3.8, 4) is 0 Å². The zero-order valence-electron chi connectivity index (χ0n) is 13.4. The Kier molecular flexibility index (Phi) is 6.40. The van der Waals surface area contributed by atoms with Crippen LogP contribution in [-0.2, 0) is 9.59 Å². The summed E-state index contributed by atoms with van der Waals surface area (Å²) in [4.78, 5) is 25.6. The first-order valence-corrected chi connectivity index (χ1v) is 7.75. The molecule has 1 aliphatic rings. The number of aliphatic hydroxyl groups excluding tert-OH is 2.